The van der Waals surface area contributed by atoms with Crippen molar-refractivity contribution in [2.24, 2.45) is 0 Å². The zero-order valence-electron chi connectivity index (χ0n) is 13.2. The molecule has 0 fully saturated rings. The van der Waals surface area contributed by atoms with Crippen LogP contribution in [0.1, 0.15) is 32.2 Å². The van der Waals surface area contributed by atoms with E-state index in [1.807, 2.05) is 31.2 Å². The van der Waals surface area contributed by atoms with Crippen LogP contribution >= 0.6 is 0 Å². The van der Waals surface area contributed by atoms with E-state index in [0.29, 0.717) is 16.8 Å². The number of fused-ring (bicyclic) bond motifs is 1. The van der Waals surface area contributed by atoms with Crippen LogP contribution in [0.2, 0.25) is 0 Å². The molecule has 0 N–H and O–H groups in total. The van der Waals surface area contributed by atoms with E-state index in [0.717, 1.165) is 10.9 Å². The summed E-state index contributed by atoms with van der Waals surface area (Å²) in [5, 5.41) is 0.846. The molecule has 1 aromatic carbocycles. The molecular weight excluding hydrogens is 310 g/mol. The zero-order chi connectivity index (χ0) is 17.1. The summed E-state index contributed by atoms with van der Waals surface area (Å²) in [6, 6.07) is 10.5. The molecule has 0 aliphatic heterocycles. The van der Waals surface area contributed by atoms with Gasteiger partial charge in [0.25, 0.3) is 0 Å². The van der Waals surface area contributed by atoms with Crippen LogP contribution in [0.3, 0.4) is 0 Å². The summed E-state index contributed by atoms with van der Waals surface area (Å²) in [4.78, 5) is 28.5. The van der Waals surface area contributed by atoms with Gasteiger partial charge < -0.3 is 13.9 Å². The second-order valence-electron chi connectivity index (χ2n) is 5.12. The number of nitrogens with zero attached hydrogens (tertiary/aromatic N) is 1. The number of ether oxygens (including phenoxy) is 2. The normalized spacial score (nSPS) is 10.6. The van der Waals surface area contributed by atoms with Gasteiger partial charge in [-0.25, -0.2) is 14.6 Å². The highest BCUT2D eigenvalue weighted by Crippen LogP contribution is 2.24. The molecule has 0 aliphatic carbocycles. The highest BCUT2D eigenvalue weighted by Gasteiger charge is 2.21. The zero-order valence-corrected chi connectivity index (χ0v) is 13.2. The number of carbonyl (C=O) groups excluding carboxylic acids is 2. The number of aromatic nitrogens is 1. The second-order valence-corrected chi connectivity index (χ2v) is 5.12. The van der Waals surface area contributed by atoms with Gasteiger partial charge in [-0.05, 0) is 30.7 Å². The Bertz CT molecular complexity index is 899. The summed E-state index contributed by atoms with van der Waals surface area (Å²) in [5.74, 6) is -1.05. The summed E-state index contributed by atoms with van der Waals surface area (Å²) in [6.45, 7) is 1.66. The molecule has 0 amide bonds. The van der Waals surface area contributed by atoms with Gasteiger partial charge in [-0.1, -0.05) is 18.2 Å². The number of hydrogen-bond donors (Lipinski definition) is 0. The van der Waals surface area contributed by atoms with Gasteiger partial charge in [0.15, 0.2) is 0 Å². The number of methoxy groups -OCH3 is 1. The van der Waals surface area contributed by atoms with E-state index in [1.165, 1.54) is 19.4 Å². The van der Waals surface area contributed by atoms with Gasteiger partial charge in [0, 0.05) is 5.39 Å². The van der Waals surface area contributed by atoms with Gasteiger partial charge in [0.05, 0.1) is 30.1 Å². The fraction of sp³-hybridized carbons (Fsp3) is 0.167. The van der Waals surface area contributed by atoms with Crippen LogP contribution in [0.5, 0.6) is 0 Å². The number of hydrogen-bond acceptors (Lipinski definition) is 6. The third-order valence-electron chi connectivity index (χ3n) is 3.68. The molecule has 122 valence electrons. The molecular formula is C18H15NO5. The smallest absolute Gasteiger partial charge is 0.374 e. The highest BCUT2D eigenvalue weighted by molar-refractivity contribution is 5.98. The lowest BCUT2D eigenvalue weighted by molar-refractivity contribution is 0.0421. The maximum atomic E-state index is 12.2. The molecule has 2 aromatic heterocycles. The van der Waals surface area contributed by atoms with Crippen LogP contribution < -0.4 is 0 Å². The number of rotatable bonds is 4. The number of para-hydroxylation sites is 1. The van der Waals surface area contributed by atoms with E-state index in [9.17, 15) is 9.59 Å². The molecule has 3 aromatic rings. The molecule has 0 radical (unpaired) electrons. The Labute approximate surface area is 138 Å². The highest BCUT2D eigenvalue weighted by atomic mass is 16.5. The largest absolute Gasteiger partial charge is 0.465 e. The molecule has 6 heteroatoms. The number of aryl methyl sites for hydroxylation is 1. The van der Waals surface area contributed by atoms with E-state index >= 15 is 0 Å². The maximum Gasteiger partial charge on any atom is 0.374 e. The van der Waals surface area contributed by atoms with Crippen LogP contribution in [0.15, 0.2) is 47.1 Å². The molecule has 0 aliphatic rings. The Morgan fingerprint density at radius 1 is 1.12 bits per heavy atom. The van der Waals surface area contributed by atoms with E-state index in [-0.39, 0.29) is 12.4 Å². The summed E-state index contributed by atoms with van der Waals surface area (Å²) in [7, 11) is 1.30. The van der Waals surface area contributed by atoms with E-state index in [4.69, 9.17) is 13.9 Å². The molecule has 2 heterocycles. The lowest BCUT2D eigenvalue weighted by Crippen LogP contribution is -2.13. The summed E-state index contributed by atoms with van der Waals surface area (Å²) < 4.78 is 15.0. The first-order valence-electron chi connectivity index (χ1n) is 7.29. The average Bonchev–Trinajstić information content (AvgIpc) is 3.14. The SMILES string of the molecule is COC(=O)c1c(COC(=O)c2ccco2)nc2ccccc2c1C. The minimum absolute atomic E-state index is 0.0899. The van der Waals surface area contributed by atoms with Crippen LogP contribution in [0.4, 0.5) is 0 Å². The monoisotopic (exact) mass is 325 g/mol. The number of esters is 2. The Hall–Kier alpha value is -3.15. The molecule has 3 rings (SSSR count). The summed E-state index contributed by atoms with van der Waals surface area (Å²) in [6.07, 6.45) is 1.38. The van der Waals surface area contributed by atoms with Crippen molar-refractivity contribution >= 4 is 22.8 Å². The number of pyridine rings is 1. The first kappa shape index (κ1) is 15.7. The average molecular weight is 325 g/mol. The van der Waals surface area contributed by atoms with Crippen LogP contribution in [-0.2, 0) is 16.1 Å². The van der Waals surface area contributed by atoms with Crippen molar-refractivity contribution in [3.63, 3.8) is 0 Å². The van der Waals surface area contributed by atoms with E-state index < -0.39 is 11.9 Å². The molecule has 0 bridgehead atoms. The van der Waals surface area contributed by atoms with Crippen LogP contribution in [0, 0.1) is 6.92 Å². The lowest BCUT2D eigenvalue weighted by Gasteiger charge is -2.13. The number of furan rings is 1. The lowest BCUT2D eigenvalue weighted by atomic mass is 10.0. The number of carbonyl (C=O) groups is 2. The molecule has 6 nitrogen and oxygen atoms in total. The fourth-order valence-corrected chi connectivity index (χ4v) is 2.52. The van der Waals surface area contributed by atoms with Gasteiger partial charge in [0.1, 0.15) is 6.61 Å². The predicted molar refractivity (Wildman–Crippen MR) is 85.6 cm³/mol. The summed E-state index contributed by atoms with van der Waals surface area (Å²) >= 11 is 0. The molecule has 0 saturated heterocycles. The standard InChI is InChI=1S/C18H15NO5/c1-11-12-6-3-4-7-13(12)19-14(16(11)18(21)22-2)10-24-17(20)15-8-5-9-23-15/h3-9H,10H2,1-2H3. The van der Waals surface area contributed by atoms with Gasteiger partial charge >= 0.3 is 11.9 Å². The van der Waals surface area contributed by atoms with Gasteiger partial charge in [-0.15, -0.1) is 0 Å². The van der Waals surface area contributed by atoms with Gasteiger partial charge in [0.2, 0.25) is 5.76 Å². The quantitative estimate of drug-likeness (QED) is 0.685. The van der Waals surface area contributed by atoms with E-state index in [1.54, 1.807) is 6.07 Å². The van der Waals surface area contributed by atoms with Crippen molar-refractivity contribution in [1.29, 1.82) is 0 Å². The Balaban J connectivity index is 1.99. The third kappa shape index (κ3) is 2.86. The maximum absolute atomic E-state index is 12.2. The van der Waals surface area contributed by atoms with Crippen LogP contribution in [0.25, 0.3) is 10.9 Å². The molecule has 0 saturated carbocycles. The van der Waals surface area contributed by atoms with Crippen molar-refractivity contribution in [2.45, 2.75) is 13.5 Å². The number of benzene rings is 1. The summed E-state index contributed by atoms with van der Waals surface area (Å²) in [5.41, 5.74) is 2.10. The topological polar surface area (TPSA) is 78.6 Å². The second kappa shape index (κ2) is 6.54. The van der Waals surface area contributed by atoms with E-state index in [2.05, 4.69) is 4.98 Å². The van der Waals surface area contributed by atoms with Crippen LogP contribution in [-0.4, -0.2) is 24.0 Å². The molecule has 0 spiro atoms. The first-order valence-corrected chi connectivity index (χ1v) is 7.29. The minimum atomic E-state index is -0.622. The Morgan fingerprint density at radius 3 is 2.62 bits per heavy atom. The molecule has 0 atom stereocenters. The third-order valence-corrected chi connectivity index (χ3v) is 3.68. The van der Waals surface area contributed by atoms with Gasteiger partial charge in [-0.3, -0.25) is 0 Å². The Kier molecular flexibility index (Phi) is 4.29. The van der Waals surface area contributed by atoms with Crippen molar-refractivity contribution in [2.75, 3.05) is 7.11 Å². The van der Waals surface area contributed by atoms with Crippen molar-refractivity contribution < 1.29 is 23.5 Å². The fourth-order valence-electron chi connectivity index (χ4n) is 2.52. The van der Waals surface area contributed by atoms with Crippen molar-refractivity contribution in [1.82, 2.24) is 4.98 Å². The van der Waals surface area contributed by atoms with Crippen molar-refractivity contribution in [3.05, 3.63) is 65.2 Å². The van der Waals surface area contributed by atoms with Crippen molar-refractivity contribution in [3.8, 4) is 0 Å². The molecule has 0 unspecified atom stereocenters. The molecule has 24 heavy (non-hydrogen) atoms. The first-order chi connectivity index (χ1) is 11.6. The minimum Gasteiger partial charge on any atom is -0.465 e. The van der Waals surface area contributed by atoms with Gasteiger partial charge in [-0.2, -0.15) is 0 Å². The predicted octanol–water partition coefficient (Wildman–Crippen LogP) is 3.28. The Morgan fingerprint density at radius 2 is 1.92 bits per heavy atom.